The van der Waals surface area contributed by atoms with Crippen molar-refractivity contribution in [3.8, 4) is 0 Å². The molecule has 0 N–H and O–H groups in total. The van der Waals surface area contributed by atoms with Gasteiger partial charge in [-0.3, -0.25) is 0 Å². The summed E-state index contributed by atoms with van der Waals surface area (Å²) in [5.74, 6) is 7.56. The highest BCUT2D eigenvalue weighted by molar-refractivity contribution is 5.11. The smallest absolute Gasteiger partial charge is 0.0172 e. The molecule has 0 aromatic heterocycles. The van der Waals surface area contributed by atoms with Crippen molar-refractivity contribution in [1.82, 2.24) is 0 Å². The summed E-state index contributed by atoms with van der Waals surface area (Å²) in [6.45, 7) is 48.6. The molecule has 0 nitrogen and oxygen atoms in total. The molecule has 0 aromatic carbocycles. The molecular weight excluding hydrogens is 613 g/mol. The molecule has 0 heteroatoms. The fraction of sp³-hybridized carbons (Fsp3) is 0.882. The van der Waals surface area contributed by atoms with Gasteiger partial charge in [-0.05, 0) is 111 Å². The molecule has 0 bridgehead atoms. The van der Waals surface area contributed by atoms with Gasteiger partial charge in [0, 0.05) is 0 Å². The van der Waals surface area contributed by atoms with Crippen LogP contribution in [0.5, 0.6) is 0 Å². The van der Waals surface area contributed by atoms with Gasteiger partial charge in [0.2, 0.25) is 0 Å². The second kappa shape index (κ2) is 36.2. The predicted octanol–water partition coefficient (Wildman–Crippen LogP) is 18.8. The highest BCUT2D eigenvalue weighted by Gasteiger charge is 2.43. The Morgan fingerprint density at radius 1 is 0.765 bits per heavy atom. The van der Waals surface area contributed by atoms with E-state index in [2.05, 4.69) is 108 Å². The lowest BCUT2D eigenvalue weighted by Crippen LogP contribution is -2.41. The van der Waals surface area contributed by atoms with E-state index in [0.29, 0.717) is 5.41 Å². The molecule has 0 amide bonds. The van der Waals surface area contributed by atoms with E-state index < -0.39 is 0 Å². The largest absolute Gasteiger partial charge is 0.0998 e. The van der Waals surface area contributed by atoms with Gasteiger partial charge in [-0.1, -0.05) is 219 Å². The second-order valence-electron chi connectivity index (χ2n) is 17.0. The topological polar surface area (TPSA) is 0 Å². The Labute approximate surface area is 328 Å². The van der Waals surface area contributed by atoms with E-state index in [-0.39, 0.29) is 0 Å². The van der Waals surface area contributed by atoms with Crippen LogP contribution in [0.2, 0.25) is 0 Å². The van der Waals surface area contributed by atoms with E-state index in [9.17, 15) is 0 Å². The molecule has 0 aromatic rings. The first-order chi connectivity index (χ1) is 24.2. The summed E-state index contributed by atoms with van der Waals surface area (Å²) in [4.78, 5) is 0. The molecule has 0 heterocycles. The monoisotopic (exact) mass is 717 g/mol. The molecule has 3 aliphatic rings. The molecular formula is C51H104. The normalized spacial score (nSPS) is 24.7. The zero-order chi connectivity index (χ0) is 40.6. The Morgan fingerprint density at radius 3 is 1.75 bits per heavy atom. The Bertz CT molecular complexity index is 787. The van der Waals surface area contributed by atoms with Crippen LogP contribution in [0.25, 0.3) is 0 Å². The fourth-order valence-corrected chi connectivity index (χ4v) is 8.28. The van der Waals surface area contributed by atoms with Gasteiger partial charge < -0.3 is 0 Å². The summed E-state index contributed by atoms with van der Waals surface area (Å²) in [6, 6.07) is 0. The van der Waals surface area contributed by atoms with Gasteiger partial charge in [-0.25, -0.2) is 0 Å². The molecule has 0 spiro atoms. The maximum atomic E-state index is 4.36. The van der Waals surface area contributed by atoms with Gasteiger partial charge in [0.05, 0.1) is 0 Å². The van der Waals surface area contributed by atoms with Crippen molar-refractivity contribution in [3.05, 3.63) is 36.0 Å². The fourth-order valence-electron chi connectivity index (χ4n) is 8.28. The Kier molecular flexibility index (Phi) is 40.4. The van der Waals surface area contributed by atoms with Crippen molar-refractivity contribution in [1.29, 1.82) is 0 Å². The lowest BCUT2D eigenvalue weighted by molar-refractivity contribution is 0.0405. The molecule has 0 aliphatic heterocycles. The molecule has 0 saturated heterocycles. The van der Waals surface area contributed by atoms with Crippen molar-refractivity contribution >= 4 is 0 Å². The van der Waals surface area contributed by atoms with Gasteiger partial charge in [0.15, 0.2) is 0 Å². The number of hydrogen-bond donors (Lipinski definition) is 0. The molecule has 1 fully saturated rings. The van der Waals surface area contributed by atoms with Crippen LogP contribution in [0.4, 0.5) is 0 Å². The zero-order valence-corrected chi connectivity index (χ0v) is 39.7. The predicted molar refractivity (Wildman–Crippen MR) is 243 cm³/mol. The maximum absolute atomic E-state index is 4.36. The van der Waals surface area contributed by atoms with E-state index in [1.165, 1.54) is 102 Å². The standard InChI is InChI=1S/C22H38.C12H22.C9H20.4C2H6/c1-15(2)17-11-13-18(14-12-17)21-19(16(3)4)9-8-10-20(21)22(5,6)7;1-4-5-10(2)8-12-7-6-11(3)9-12;1-4-6-7-8-9(3)5-2;4*1-2/h11,13,15,17-21H,3,8-10,12,14H2,1-2,4-7H3;7,10-11H,4-6,8-9H2,1-3H3;9H,4-8H2,1-3H3;4*1-2H3. The average Bonchev–Trinajstić information content (AvgIpc) is 3.55. The zero-order valence-electron chi connectivity index (χ0n) is 39.7. The second-order valence-corrected chi connectivity index (χ2v) is 17.0. The van der Waals surface area contributed by atoms with Gasteiger partial charge in [0.1, 0.15) is 0 Å². The number of rotatable bonds is 12. The molecule has 8 unspecified atom stereocenters. The van der Waals surface area contributed by atoms with Crippen molar-refractivity contribution < 1.29 is 0 Å². The Balaban J connectivity index is -0.000000323. The number of hydrogen-bond acceptors (Lipinski definition) is 0. The first kappa shape index (κ1) is 57.0. The van der Waals surface area contributed by atoms with Crippen LogP contribution >= 0.6 is 0 Å². The third-order valence-corrected chi connectivity index (χ3v) is 11.3. The Morgan fingerprint density at radius 2 is 1.35 bits per heavy atom. The quantitative estimate of drug-likeness (QED) is 0.139. The lowest BCUT2D eigenvalue weighted by Gasteiger charge is -2.49. The Hall–Kier alpha value is -0.780. The highest BCUT2D eigenvalue weighted by Crippen LogP contribution is 2.52. The van der Waals surface area contributed by atoms with Gasteiger partial charge >= 0.3 is 0 Å². The van der Waals surface area contributed by atoms with E-state index in [1.807, 2.05) is 55.4 Å². The molecule has 308 valence electrons. The van der Waals surface area contributed by atoms with Crippen LogP contribution in [0.1, 0.15) is 235 Å². The summed E-state index contributed by atoms with van der Waals surface area (Å²) >= 11 is 0. The minimum atomic E-state index is 0.418. The first-order valence-corrected chi connectivity index (χ1v) is 23.3. The minimum Gasteiger partial charge on any atom is -0.0998 e. The molecule has 0 radical (unpaired) electrons. The van der Waals surface area contributed by atoms with Gasteiger partial charge in [-0.2, -0.15) is 0 Å². The minimum absolute atomic E-state index is 0.418. The van der Waals surface area contributed by atoms with Crippen LogP contribution < -0.4 is 0 Å². The van der Waals surface area contributed by atoms with Crippen LogP contribution in [0.15, 0.2) is 36.0 Å². The van der Waals surface area contributed by atoms with Gasteiger partial charge in [0.25, 0.3) is 0 Å². The van der Waals surface area contributed by atoms with E-state index >= 15 is 0 Å². The summed E-state index contributed by atoms with van der Waals surface area (Å²) in [5, 5.41) is 0. The third-order valence-electron chi connectivity index (χ3n) is 11.3. The average molecular weight is 717 g/mol. The molecule has 3 aliphatic carbocycles. The molecule has 3 rings (SSSR count). The summed E-state index contributed by atoms with van der Waals surface area (Å²) in [7, 11) is 0. The van der Waals surface area contributed by atoms with Crippen molar-refractivity contribution in [2.75, 3.05) is 0 Å². The molecule has 8 atom stereocenters. The van der Waals surface area contributed by atoms with Crippen LogP contribution in [0, 0.1) is 58.7 Å². The maximum Gasteiger partial charge on any atom is -0.0172 e. The summed E-state index contributed by atoms with van der Waals surface area (Å²) < 4.78 is 0. The highest BCUT2D eigenvalue weighted by atomic mass is 14.5. The van der Waals surface area contributed by atoms with Crippen molar-refractivity contribution in [3.63, 3.8) is 0 Å². The third kappa shape index (κ3) is 26.6. The summed E-state index contributed by atoms with van der Waals surface area (Å²) in [6.07, 6.45) is 28.3. The van der Waals surface area contributed by atoms with Gasteiger partial charge in [-0.15, -0.1) is 0 Å². The van der Waals surface area contributed by atoms with Crippen LogP contribution in [-0.4, -0.2) is 0 Å². The lowest BCUT2D eigenvalue weighted by atomic mass is 9.56. The molecule has 1 saturated carbocycles. The summed E-state index contributed by atoms with van der Waals surface area (Å²) in [5.41, 5.74) is 3.57. The van der Waals surface area contributed by atoms with Crippen molar-refractivity contribution in [2.45, 2.75) is 235 Å². The number of unbranched alkanes of at least 4 members (excludes halogenated alkanes) is 2. The van der Waals surface area contributed by atoms with Crippen LogP contribution in [-0.2, 0) is 0 Å². The molecule has 51 heavy (non-hydrogen) atoms. The number of allylic oxidation sites excluding steroid dienone is 5. The van der Waals surface area contributed by atoms with E-state index in [1.54, 1.807) is 5.57 Å². The first-order valence-electron chi connectivity index (χ1n) is 23.3. The van der Waals surface area contributed by atoms with Crippen LogP contribution in [0.3, 0.4) is 0 Å². The van der Waals surface area contributed by atoms with E-state index in [0.717, 1.165) is 53.3 Å². The SMILES string of the molecule is C=C(C)C1CCCC(C(C)(C)C)C1C1C=CC(C(C)C)CC1.CC.CC.CC.CC.CCCC(C)CC1=CCC(C)C1.CCCCCC(C)CC. The van der Waals surface area contributed by atoms with E-state index in [4.69, 9.17) is 0 Å². The van der Waals surface area contributed by atoms with Crippen molar-refractivity contribution in [2.24, 2.45) is 58.7 Å².